The molecule has 1 aliphatic rings. The number of morpholine rings is 1. The third-order valence-corrected chi connectivity index (χ3v) is 5.00. The molecule has 116 valence electrons. The van der Waals surface area contributed by atoms with Crippen LogP contribution in [0.1, 0.15) is 0 Å². The highest BCUT2D eigenvalue weighted by Gasteiger charge is 2.27. The molecule has 0 aliphatic carbocycles. The minimum Gasteiger partial charge on any atom is -0.379 e. The molecule has 2 rings (SSSR count). The summed E-state index contributed by atoms with van der Waals surface area (Å²) in [7, 11) is -1.95. The topological polar surface area (TPSA) is 102 Å². The zero-order valence-electron chi connectivity index (χ0n) is 11.8. The van der Waals surface area contributed by atoms with Gasteiger partial charge in [0.15, 0.2) is 6.54 Å². The number of aromatic nitrogens is 1. The molecule has 1 aliphatic heterocycles. The van der Waals surface area contributed by atoms with Crippen LogP contribution in [0.2, 0.25) is 0 Å². The lowest BCUT2D eigenvalue weighted by Gasteiger charge is -2.25. The third kappa shape index (κ3) is 3.90. The number of likely N-dealkylation sites (N-methyl/N-ethyl adjacent to an activating group) is 1. The first-order chi connectivity index (χ1) is 10.0. The number of sulfonamides is 1. The van der Waals surface area contributed by atoms with E-state index in [1.54, 1.807) is 13.1 Å². The number of ether oxygens (including phenoxy) is 1. The van der Waals surface area contributed by atoms with E-state index in [9.17, 15) is 13.2 Å². The average Bonchev–Trinajstić information content (AvgIpc) is 2.53. The predicted molar refractivity (Wildman–Crippen MR) is 75.1 cm³/mol. The fraction of sp³-hybridized carbons (Fsp3) is 0.500. The van der Waals surface area contributed by atoms with Gasteiger partial charge in [-0.05, 0) is 6.07 Å². The Labute approximate surface area is 123 Å². The molecule has 8 nitrogen and oxygen atoms in total. The average molecular weight is 315 g/mol. The van der Waals surface area contributed by atoms with Gasteiger partial charge < -0.3 is 10.1 Å². The SMILES string of the molecule is CNC(=O)CNc1ccc(S(=O)(=O)N2CCOCC2)c[nH+]1. The molecule has 0 bridgehead atoms. The molecule has 2 heterocycles. The Hall–Kier alpha value is -1.71. The molecule has 1 amide bonds. The van der Waals surface area contributed by atoms with Gasteiger partial charge in [0.1, 0.15) is 11.1 Å². The molecule has 3 N–H and O–H groups in total. The van der Waals surface area contributed by atoms with Crippen molar-refractivity contribution < 1.29 is 22.9 Å². The Morgan fingerprint density at radius 1 is 1.38 bits per heavy atom. The zero-order valence-corrected chi connectivity index (χ0v) is 12.6. The first-order valence-corrected chi connectivity index (χ1v) is 8.02. The number of nitrogens with zero attached hydrogens (tertiary/aromatic N) is 1. The van der Waals surface area contributed by atoms with E-state index in [1.165, 1.54) is 16.6 Å². The summed E-state index contributed by atoms with van der Waals surface area (Å²) < 4.78 is 31.3. The number of aromatic amines is 1. The number of rotatable bonds is 5. The van der Waals surface area contributed by atoms with E-state index < -0.39 is 10.0 Å². The summed E-state index contributed by atoms with van der Waals surface area (Å²) in [5.74, 6) is 0.410. The first-order valence-electron chi connectivity index (χ1n) is 6.58. The molecular weight excluding hydrogens is 296 g/mol. The Bertz CT molecular complexity index is 582. The monoisotopic (exact) mass is 315 g/mol. The van der Waals surface area contributed by atoms with Crippen molar-refractivity contribution in [3.8, 4) is 0 Å². The molecule has 0 spiro atoms. The van der Waals surface area contributed by atoms with Crippen LogP contribution in [-0.2, 0) is 19.6 Å². The maximum atomic E-state index is 12.4. The van der Waals surface area contributed by atoms with Crippen LogP contribution in [-0.4, -0.2) is 58.5 Å². The minimum atomic E-state index is -3.50. The van der Waals surface area contributed by atoms with Crippen LogP contribution >= 0.6 is 0 Å². The van der Waals surface area contributed by atoms with E-state index in [-0.39, 0.29) is 17.3 Å². The zero-order chi connectivity index (χ0) is 15.3. The molecular formula is C12H19N4O4S+. The van der Waals surface area contributed by atoms with E-state index in [2.05, 4.69) is 15.6 Å². The highest BCUT2D eigenvalue weighted by atomic mass is 32.2. The van der Waals surface area contributed by atoms with Gasteiger partial charge in [-0.3, -0.25) is 10.1 Å². The Morgan fingerprint density at radius 3 is 2.67 bits per heavy atom. The van der Waals surface area contributed by atoms with Crippen LogP contribution in [0.15, 0.2) is 23.2 Å². The fourth-order valence-corrected chi connectivity index (χ4v) is 3.26. The minimum absolute atomic E-state index is 0.114. The predicted octanol–water partition coefficient (Wildman–Crippen LogP) is -1.32. The Kier molecular flexibility index (Phi) is 5.10. The van der Waals surface area contributed by atoms with Crippen LogP contribution in [0, 0.1) is 0 Å². The van der Waals surface area contributed by atoms with E-state index in [0.717, 1.165) is 0 Å². The second-order valence-electron chi connectivity index (χ2n) is 4.48. The van der Waals surface area contributed by atoms with Crippen molar-refractivity contribution in [2.45, 2.75) is 4.90 Å². The van der Waals surface area contributed by atoms with Gasteiger partial charge >= 0.3 is 0 Å². The summed E-state index contributed by atoms with van der Waals surface area (Å²) in [5.41, 5.74) is 0. The van der Waals surface area contributed by atoms with Crippen molar-refractivity contribution >= 4 is 21.7 Å². The largest absolute Gasteiger partial charge is 0.379 e. The van der Waals surface area contributed by atoms with E-state index in [4.69, 9.17) is 4.74 Å². The Balaban J connectivity index is 2.05. The highest BCUT2D eigenvalue weighted by molar-refractivity contribution is 7.89. The molecule has 0 unspecified atom stereocenters. The van der Waals surface area contributed by atoms with Gasteiger partial charge in [-0.25, -0.2) is 13.4 Å². The van der Waals surface area contributed by atoms with Gasteiger partial charge in [0.25, 0.3) is 11.7 Å². The van der Waals surface area contributed by atoms with Crippen molar-refractivity contribution in [3.05, 3.63) is 18.3 Å². The summed E-state index contributed by atoms with van der Waals surface area (Å²) in [4.78, 5) is 14.1. The summed E-state index contributed by atoms with van der Waals surface area (Å²) in [6.07, 6.45) is 1.41. The maximum absolute atomic E-state index is 12.4. The quantitative estimate of drug-likeness (QED) is 0.702. The van der Waals surface area contributed by atoms with Crippen molar-refractivity contribution in [2.24, 2.45) is 0 Å². The first kappa shape index (κ1) is 15.7. The van der Waals surface area contributed by atoms with Gasteiger partial charge in [-0.15, -0.1) is 0 Å². The number of carbonyl (C=O) groups is 1. The second-order valence-corrected chi connectivity index (χ2v) is 6.42. The van der Waals surface area contributed by atoms with Crippen molar-refractivity contribution in [1.29, 1.82) is 0 Å². The summed E-state index contributed by atoms with van der Waals surface area (Å²) in [5, 5.41) is 5.34. The van der Waals surface area contributed by atoms with Crippen molar-refractivity contribution in [3.63, 3.8) is 0 Å². The number of hydrogen-bond acceptors (Lipinski definition) is 5. The molecule has 0 radical (unpaired) electrons. The number of amides is 1. The third-order valence-electron chi connectivity index (χ3n) is 3.11. The Morgan fingerprint density at radius 2 is 2.10 bits per heavy atom. The molecule has 1 aromatic rings. The number of nitrogens with one attached hydrogen (secondary N) is 3. The number of H-pyrrole nitrogens is 1. The number of pyridine rings is 1. The standard InChI is InChI=1S/C12H18N4O4S/c1-13-12(17)9-15-11-3-2-10(8-14-11)21(18,19)16-4-6-20-7-5-16/h2-3,8H,4-7,9H2,1H3,(H,13,17)(H,14,15)/p+1. The molecule has 0 aromatic carbocycles. The lowest BCUT2D eigenvalue weighted by Crippen LogP contribution is -2.40. The molecule has 1 fully saturated rings. The van der Waals surface area contributed by atoms with Gasteiger partial charge in [0.2, 0.25) is 10.0 Å². The fourth-order valence-electron chi connectivity index (χ4n) is 1.88. The lowest BCUT2D eigenvalue weighted by atomic mass is 10.4. The molecule has 1 saturated heterocycles. The normalized spacial score (nSPS) is 16.4. The second kappa shape index (κ2) is 6.83. The number of hydrogen-bond donors (Lipinski definition) is 2. The highest BCUT2D eigenvalue weighted by Crippen LogP contribution is 2.15. The van der Waals surface area contributed by atoms with Gasteiger partial charge in [0, 0.05) is 26.2 Å². The van der Waals surface area contributed by atoms with Crippen LogP contribution in [0.25, 0.3) is 0 Å². The van der Waals surface area contributed by atoms with Gasteiger partial charge in [0.05, 0.1) is 13.2 Å². The molecule has 21 heavy (non-hydrogen) atoms. The summed E-state index contributed by atoms with van der Waals surface area (Å²) >= 11 is 0. The summed E-state index contributed by atoms with van der Waals surface area (Å²) in [6, 6.07) is 3.10. The van der Waals surface area contributed by atoms with Crippen LogP contribution in [0.5, 0.6) is 0 Å². The molecule has 0 saturated carbocycles. The molecule has 9 heteroatoms. The number of carbonyl (C=O) groups excluding carboxylic acids is 1. The van der Waals surface area contributed by atoms with E-state index in [0.29, 0.717) is 32.1 Å². The van der Waals surface area contributed by atoms with Crippen molar-refractivity contribution in [1.82, 2.24) is 9.62 Å². The van der Waals surface area contributed by atoms with Crippen LogP contribution < -0.4 is 15.6 Å². The van der Waals surface area contributed by atoms with E-state index in [1.807, 2.05) is 0 Å². The van der Waals surface area contributed by atoms with Gasteiger partial charge in [-0.2, -0.15) is 4.31 Å². The van der Waals surface area contributed by atoms with Gasteiger partial charge in [-0.1, -0.05) is 0 Å². The molecule has 0 atom stereocenters. The summed E-state index contributed by atoms with van der Waals surface area (Å²) in [6.45, 7) is 1.66. The van der Waals surface area contributed by atoms with Crippen molar-refractivity contribution in [2.75, 3.05) is 45.2 Å². The maximum Gasteiger partial charge on any atom is 0.272 e. The smallest absolute Gasteiger partial charge is 0.272 e. The number of anilines is 1. The molecule has 1 aromatic heterocycles. The van der Waals surface area contributed by atoms with E-state index >= 15 is 0 Å². The van der Waals surface area contributed by atoms with Crippen LogP contribution in [0.4, 0.5) is 5.82 Å². The van der Waals surface area contributed by atoms with Crippen LogP contribution in [0.3, 0.4) is 0 Å². The lowest BCUT2D eigenvalue weighted by molar-refractivity contribution is -0.364.